The smallest absolute Gasteiger partial charge is 0.303 e. The summed E-state index contributed by atoms with van der Waals surface area (Å²) in [5.74, 6) is 0.106. The maximum atomic E-state index is 15.0. The van der Waals surface area contributed by atoms with Crippen LogP contribution in [0.25, 0.3) is 22.2 Å². The first-order chi connectivity index (χ1) is 24.0. The van der Waals surface area contributed by atoms with Gasteiger partial charge in [-0.15, -0.1) is 0 Å². The fraction of sp³-hybridized carbons (Fsp3) is 0.600. The number of rotatable bonds is 7. The second kappa shape index (κ2) is 12.3. The molecule has 0 radical (unpaired) electrons. The lowest BCUT2D eigenvalue weighted by molar-refractivity contribution is -0.134. The highest BCUT2D eigenvalue weighted by atomic mass is 32.2. The number of nitrogens with zero attached hydrogens (tertiary/aromatic N) is 2. The summed E-state index contributed by atoms with van der Waals surface area (Å²) < 4.78 is 36.4. The van der Waals surface area contributed by atoms with Crippen LogP contribution in [0.2, 0.25) is 0 Å². The fourth-order valence-electron chi connectivity index (χ4n) is 10.2. The molecule has 1 aromatic heterocycles. The Bertz CT molecular complexity index is 2010. The molecule has 4 aliphatic rings. The zero-order valence-corrected chi connectivity index (χ0v) is 32.1. The molecule has 10 nitrogen and oxygen atoms in total. The van der Waals surface area contributed by atoms with Gasteiger partial charge in [0.15, 0.2) is 0 Å². The minimum atomic E-state index is -4.01. The molecule has 3 aliphatic carbocycles. The summed E-state index contributed by atoms with van der Waals surface area (Å²) in [6.45, 7) is 11.1. The normalized spacial score (nSPS) is 30.2. The van der Waals surface area contributed by atoms with Crippen molar-refractivity contribution in [2.45, 2.75) is 110 Å². The van der Waals surface area contributed by atoms with Crippen LogP contribution in [0, 0.1) is 22.2 Å². The number of hydrogen-bond acceptors (Lipinski definition) is 6. The molecule has 11 heteroatoms. The van der Waals surface area contributed by atoms with Crippen molar-refractivity contribution >= 4 is 32.9 Å². The summed E-state index contributed by atoms with van der Waals surface area (Å²) in [5, 5.41) is 16.1. The average molecular weight is 719 g/mol. The highest BCUT2D eigenvalue weighted by molar-refractivity contribution is 7.87. The van der Waals surface area contributed by atoms with E-state index in [1.807, 2.05) is 19.1 Å². The molecule has 51 heavy (non-hydrogen) atoms. The van der Waals surface area contributed by atoms with Crippen LogP contribution in [0.3, 0.4) is 0 Å². The van der Waals surface area contributed by atoms with Crippen LogP contribution in [0.15, 0.2) is 36.4 Å². The van der Waals surface area contributed by atoms with Crippen molar-refractivity contribution in [3.8, 4) is 17.0 Å². The predicted octanol–water partition coefficient (Wildman–Crippen LogP) is 6.33. The highest BCUT2D eigenvalue weighted by Crippen LogP contribution is 2.65. The van der Waals surface area contributed by atoms with Crippen molar-refractivity contribution in [3.05, 3.63) is 53.1 Å². The van der Waals surface area contributed by atoms with Gasteiger partial charge in [-0.2, -0.15) is 12.7 Å². The van der Waals surface area contributed by atoms with Gasteiger partial charge in [-0.25, -0.2) is 4.72 Å². The SMILES string of the molecule is COc1ccc2c(c1)C(C)[C@@](C)(C(=O)N[C@@H]1C3CCC(C)([C@@H]1O)C3(C)C)Cn1c-2c(C2CCCCC2)c2ccc(C(=O)NS(=O)(=O)N(C)C)cc21. The van der Waals surface area contributed by atoms with Crippen molar-refractivity contribution < 1.29 is 27.9 Å². The van der Waals surface area contributed by atoms with Crippen molar-refractivity contribution in [1.29, 1.82) is 0 Å². The van der Waals surface area contributed by atoms with Gasteiger partial charge in [0, 0.05) is 48.1 Å². The van der Waals surface area contributed by atoms with E-state index in [0.717, 1.165) is 70.6 Å². The number of carbonyl (C=O) groups is 2. The molecule has 2 amide bonds. The molecule has 3 N–H and O–H groups in total. The quantitative estimate of drug-likeness (QED) is 0.262. The molecule has 3 fully saturated rings. The van der Waals surface area contributed by atoms with E-state index in [1.165, 1.54) is 26.1 Å². The zero-order valence-electron chi connectivity index (χ0n) is 31.3. The van der Waals surface area contributed by atoms with Crippen LogP contribution in [-0.4, -0.2) is 67.6 Å². The Kier molecular flexibility index (Phi) is 8.70. The van der Waals surface area contributed by atoms with Gasteiger partial charge in [0.05, 0.1) is 30.4 Å². The Morgan fingerprint density at radius 2 is 1.71 bits per heavy atom. The van der Waals surface area contributed by atoms with Gasteiger partial charge in [-0.3, -0.25) is 9.59 Å². The van der Waals surface area contributed by atoms with Crippen molar-refractivity contribution in [2.75, 3.05) is 21.2 Å². The molecule has 276 valence electrons. The van der Waals surface area contributed by atoms with Gasteiger partial charge in [-0.1, -0.05) is 53.0 Å². The summed E-state index contributed by atoms with van der Waals surface area (Å²) in [5.41, 5.74) is 3.97. The van der Waals surface area contributed by atoms with Crippen LogP contribution >= 0.6 is 0 Å². The zero-order chi connectivity index (χ0) is 36.8. The number of aliphatic hydroxyl groups excluding tert-OH is 1. The number of carbonyl (C=O) groups excluding carboxylic acids is 2. The third-order valence-corrected chi connectivity index (χ3v) is 15.5. The molecule has 2 aromatic carbocycles. The molecule has 3 unspecified atom stereocenters. The number of benzene rings is 2. The summed E-state index contributed by atoms with van der Waals surface area (Å²) >= 11 is 0. The van der Waals surface area contributed by atoms with Gasteiger partial charge in [-0.05, 0) is 97.2 Å². The topological polar surface area (TPSA) is 130 Å². The van der Waals surface area contributed by atoms with E-state index in [-0.39, 0.29) is 40.2 Å². The van der Waals surface area contributed by atoms with Crippen LogP contribution in [0.5, 0.6) is 5.75 Å². The third-order valence-electron chi connectivity index (χ3n) is 14.1. The predicted molar refractivity (Wildman–Crippen MR) is 199 cm³/mol. The van der Waals surface area contributed by atoms with E-state index in [1.54, 1.807) is 19.2 Å². The second-order valence-corrected chi connectivity index (χ2v) is 18.8. The number of methoxy groups -OCH3 is 1. The van der Waals surface area contributed by atoms with Crippen molar-refractivity contribution in [2.24, 2.45) is 22.2 Å². The summed E-state index contributed by atoms with van der Waals surface area (Å²) in [7, 11) is 0.393. The van der Waals surface area contributed by atoms with Gasteiger partial charge in [0.25, 0.3) is 5.91 Å². The number of aliphatic hydroxyl groups is 1. The van der Waals surface area contributed by atoms with Gasteiger partial charge < -0.3 is 19.7 Å². The Labute approximate surface area is 302 Å². The first kappa shape index (κ1) is 36.0. The molecular formula is C40H54N4O6S. The van der Waals surface area contributed by atoms with E-state index < -0.39 is 27.6 Å². The minimum Gasteiger partial charge on any atom is -0.497 e. The fourth-order valence-corrected chi connectivity index (χ4v) is 10.7. The number of ether oxygens (including phenoxy) is 1. The third kappa shape index (κ3) is 5.35. The van der Waals surface area contributed by atoms with Gasteiger partial charge >= 0.3 is 10.2 Å². The number of aromatic nitrogens is 1. The molecule has 3 saturated carbocycles. The van der Waals surface area contributed by atoms with Gasteiger partial charge in [0.2, 0.25) is 5.91 Å². The molecule has 0 saturated heterocycles. The average Bonchev–Trinajstić information content (AvgIpc) is 3.56. The maximum Gasteiger partial charge on any atom is 0.303 e. The van der Waals surface area contributed by atoms with Crippen molar-refractivity contribution in [3.63, 3.8) is 0 Å². The Balaban J connectivity index is 1.41. The Morgan fingerprint density at radius 1 is 1.00 bits per heavy atom. The minimum absolute atomic E-state index is 0.111. The summed E-state index contributed by atoms with van der Waals surface area (Å²) in [6, 6.07) is 11.2. The van der Waals surface area contributed by atoms with E-state index in [9.17, 15) is 23.1 Å². The number of amides is 2. The van der Waals surface area contributed by atoms with E-state index >= 15 is 0 Å². The number of hydrogen-bond donors (Lipinski definition) is 3. The standard InChI is InChI=1S/C40H54N4O6S/c1-23-29-21-26(50-8)15-17-27(29)34-32(24-12-10-9-11-13-24)28-16-14-25(36(46)42-51(48,49)43(6)7)20-31(28)44(34)22-39(23,4)37(47)41-33-30-18-19-40(5,35(33)45)38(30,2)3/h14-17,20-21,23-24,30,33,35,45H,9-13,18-19,22H2,1-8H3,(H,41,47)(H,42,46)/t23?,30?,33-,35-,39+,40?/m1/s1. The van der Waals surface area contributed by atoms with E-state index in [2.05, 4.69) is 54.4 Å². The van der Waals surface area contributed by atoms with E-state index in [4.69, 9.17) is 4.74 Å². The van der Waals surface area contributed by atoms with Crippen LogP contribution in [0.4, 0.5) is 0 Å². The van der Waals surface area contributed by atoms with Crippen molar-refractivity contribution in [1.82, 2.24) is 18.9 Å². The number of fused-ring (bicyclic) bond motifs is 7. The molecule has 2 bridgehead atoms. The molecule has 7 rings (SSSR count). The first-order valence-electron chi connectivity index (χ1n) is 18.5. The maximum absolute atomic E-state index is 15.0. The summed E-state index contributed by atoms with van der Waals surface area (Å²) in [4.78, 5) is 28.4. The Morgan fingerprint density at radius 3 is 2.33 bits per heavy atom. The second-order valence-electron chi connectivity index (χ2n) is 17.0. The van der Waals surface area contributed by atoms with Crippen LogP contribution in [-0.2, 0) is 21.5 Å². The molecule has 6 atom stereocenters. The summed E-state index contributed by atoms with van der Waals surface area (Å²) in [6.07, 6.45) is 6.80. The Hall–Kier alpha value is -3.41. The first-order valence-corrected chi connectivity index (χ1v) is 20.0. The molecule has 3 aromatic rings. The number of nitrogens with one attached hydrogen (secondary N) is 2. The van der Waals surface area contributed by atoms with Crippen LogP contribution in [0.1, 0.15) is 113 Å². The molecular weight excluding hydrogens is 665 g/mol. The largest absolute Gasteiger partial charge is 0.497 e. The van der Waals surface area contributed by atoms with Gasteiger partial charge in [0.1, 0.15) is 5.75 Å². The van der Waals surface area contributed by atoms with Crippen LogP contribution < -0.4 is 14.8 Å². The monoisotopic (exact) mass is 718 g/mol. The molecule has 1 aliphatic heterocycles. The van der Waals surface area contributed by atoms with E-state index in [0.29, 0.717) is 18.2 Å². The lowest BCUT2D eigenvalue weighted by Gasteiger charge is -2.39. The molecule has 2 heterocycles. The lowest BCUT2D eigenvalue weighted by atomic mass is 9.70. The molecule has 0 spiro atoms. The lowest BCUT2D eigenvalue weighted by Crippen LogP contribution is -2.54. The highest BCUT2D eigenvalue weighted by Gasteiger charge is 2.66.